The van der Waals surface area contributed by atoms with Crippen molar-refractivity contribution >= 4 is 17.8 Å². The smallest absolute Gasteiger partial charge is 0.333 e. The fraction of sp³-hybridized carbons (Fsp3) is 0.381. The fourth-order valence-electron chi connectivity index (χ4n) is 4.80. The standard InChI is InChI=1S/C21H22N4O6/c1-22-15(26)14(16(27)23(2)19(22)30)13-9-11-7-5-6-8-12(11)10-21(13)17(28)24(3)20(31)25(4)18(21)29/h5-8,13,26H,9-10H2,1-4H3/t13-/m0/s1. The summed E-state index contributed by atoms with van der Waals surface area (Å²) in [4.78, 5) is 66.5. The number of carbonyl (C=O) groups is 3. The van der Waals surface area contributed by atoms with Crippen LogP contribution in [0.15, 0.2) is 33.9 Å². The number of hydrogen-bond donors (Lipinski definition) is 1. The van der Waals surface area contributed by atoms with Gasteiger partial charge in [0.25, 0.3) is 5.56 Å². The molecule has 4 amide bonds. The average Bonchev–Trinajstić information content (AvgIpc) is 2.77. The van der Waals surface area contributed by atoms with Crippen LogP contribution in [-0.2, 0) is 36.5 Å². The Morgan fingerprint density at radius 1 is 0.871 bits per heavy atom. The molecule has 2 aliphatic rings. The van der Waals surface area contributed by atoms with Gasteiger partial charge in [0.2, 0.25) is 17.7 Å². The van der Waals surface area contributed by atoms with Crippen molar-refractivity contribution in [2.75, 3.05) is 14.1 Å². The first-order valence-electron chi connectivity index (χ1n) is 9.70. The number of urea groups is 1. The zero-order chi connectivity index (χ0) is 22.8. The highest BCUT2D eigenvalue weighted by Crippen LogP contribution is 2.50. The van der Waals surface area contributed by atoms with E-state index >= 15 is 0 Å². The number of barbiturate groups is 1. The summed E-state index contributed by atoms with van der Waals surface area (Å²) >= 11 is 0. The number of carbonyl (C=O) groups excluding carboxylic acids is 3. The predicted molar refractivity (Wildman–Crippen MR) is 109 cm³/mol. The Labute approximate surface area is 176 Å². The van der Waals surface area contributed by atoms with Crippen LogP contribution in [0.4, 0.5) is 4.79 Å². The molecular weight excluding hydrogens is 404 g/mol. The third-order valence-electron chi connectivity index (χ3n) is 6.57. The number of benzene rings is 1. The molecule has 1 aliphatic carbocycles. The van der Waals surface area contributed by atoms with Gasteiger partial charge in [0.05, 0.1) is 5.56 Å². The monoisotopic (exact) mass is 426 g/mol. The molecule has 10 heteroatoms. The molecule has 2 heterocycles. The summed E-state index contributed by atoms with van der Waals surface area (Å²) in [6.07, 6.45) is 0.0590. The van der Waals surface area contributed by atoms with Gasteiger partial charge in [0.15, 0.2) is 0 Å². The lowest BCUT2D eigenvalue weighted by Crippen LogP contribution is -2.67. The maximum atomic E-state index is 13.5. The van der Waals surface area contributed by atoms with Crippen LogP contribution in [0.5, 0.6) is 5.88 Å². The minimum absolute atomic E-state index is 0.0428. The highest BCUT2D eigenvalue weighted by molar-refractivity contribution is 6.19. The van der Waals surface area contributed by atoms with Crippen LogP contribution >= 0.6 is 0 Å². The Kier molecular flexibility index (Phi) is 4.42. The van der Waals surface area contributed by atoms with E-state index in [-0.39, 0.29) is 18.4 Å². The maximum absolute atomic E-state index is 13.5. The van der Waals surface area contributed by atoms with Crippen LogP contribution in [0.1, 0.15) is 22.6 Å². The van der Waals surface area contributed by atoms with Gasteiger partial charge in [-0.05, 0) is 24.0 Å². The molecule has 1 N–H and O–H groups in total. The number of imide groups is 2. The molecule has 0 radical (unpaired) electrons. The molecule has 2 aromatic rings. The second-order valence-corrected chi connectivity index (χ2v) is 8.13. The first kappa shape index (κ1) is 20.6. The molecule has 1 aliphatic heterocycles. The number of aromatic hydroxyl groups is 1. The van der Waals surface area contributed by atoms with E-state index in [4.69, 9.17) is 0 Å². The molecule has 0 bridgehead atoms. The van der Waals surface area contributed by atoms with Gasteiger partial charge in [-0.1, -0.05) is 24.3 Å². The third kappa shape index (κ3) is 2.54. The van der Waals surface area contributed by atoms with Gasteiger partial charge < -0.3 is 5.11 Å². The van der Waals surface area contributed by atoms with Gasteiger partial charge in [0, 0.05) is 34.1 Å². The number of hydrogen-bond acceptors (Lipinski definition) is 6. The van der Waals surface area contributed by atoms with Gasteiger partial charge in [-0.15, -0.1) is 0 Å². The van der Waals surface area contributed by atoms with E-state index in [0.29, 0.717) is 0 Å². The number of amides is 4. The lowest BCUT2D eigenvalue weighted by atomic mass is 9.60. The highest BCUT2D eigenvalue weighted by Gasteiger charge is 2.62. The molecule has 1 aromatic carbocycles. The Hall–Kier alpha value is -3.69. The topological polar surface area (TPSA) is 122 Å². The van der Waals surface area contributed by atoms with Gasteiger partial charge in [0.1, 0.15) is 5.41 Å². The van der Waals surface area contributed by atoms with Crippen molar-refractivity contribution in [2.45, 2.75) is 18.8 Å². The Morgan fingerprint density at radius 2 is 1.42 bits per heavy atom. The van der Waals surface area contributed by atoms with Crippen LogP contribution < -0.4 is 11.2 Å². The molecule has 1 atom stereocenters. The van der Waals surface area contributed by atoms with Gasteiger partial charge in [-0.3, -0.25) is 33.3 Å². The van der Waals surface area contributed by atoms with Crippen LogP contribution in [0.3, 0.4) is 0 Å². The summed E-state index contributed by atoms with van der Waals surface area (Å²) in [6, 6.07) is 6.44. The van der Waals surface area contributed by atoms with Crippen molar-refractivity contribution in [3.63, 3.8) is 0 Å². The number of aromatic nitrogens is 2. The minimum atomic E-state index is -1.81. The number of fused-ring (bicyclic) bond motifs is 1. The van der Waals surface area contributed by atoms with Crippen LogP contribution in [0.2, 0.25) is 0 Å². The van der Waals surface area contributed by atoms with E-state index in [2.05, 4.69) is 0 Å². The molecule has 1 spiro atoms. The Morgan fingerprint density at radius 3 is 2.00 bits per heavy atom. The fourth-order valence-corrected chi connectivity index (χ4v) is 4.80. The summed E-state index contributed by atoms with van der Waals surface area (Å²) in [5, 5.41) is 10.8. The molecule has 31 heavy (non-hydrogen) atoms. The van der Waals surface area contributed by atoms with Gasteiger partial charge in [-0.25, -0.2) is 9.59 Å². The minimum Gasteiger partial charge on any atom is -0.494 e. The average molecular weight is 426 g/mol. The van der Waals surface area contributed by atoms with Crippen molar-refractivity contribution < 1.29 is 19.5 Å². The van der Waals surface area contributed by atoms with Crippen LogP contribution in [0.25, 0.3) is 0 Å². The van der Waals surface area contributed by atoms with E-state index in [1.54, 1.807) is 18.2 Å². The van der Waals surface area contributed by atoms with Gasteiger partial charge >= 0.3 is 11.7 Å². The van der Waals surface area contributed by atoms with E-state index in [1.807, 2.05) is 6.07 Å². The maximum Gasteiger partial charge on any atom is 0.333 e. The lowest BCUT2D eigenvalue weighted by Gasteiger charge is -2.48. The number of rotatable bonds is 1. The molecule has 1 fully saturated rings. The summed E-state index contributed by atoms with van der Waals surface area (Å²) in [5.74, 6) is -3.16. The quantitative estimate of drug-likeness (QED) is 0.626. The first-order chi connectivity index (χ1) is 14.5. The SMILES string of the molecule is CN1C(=O)N(C)C(=O)C2(Cc3ccccc3C[C@H]2c2c(O)n(C)c(=O)n(C)c2=O)C1=O. The Balaban J connectivity index is 2.08. The van der Waals surface area contributed by atoms with Crippen LogP contribution in [-0.4, -0.2) is 56.0 Å². The molecular formula is C21H22N4O6. The van der Waals surface area contributed by atoms with E-state index in [9.17, 15) is 29.1 Å². The van der Waals surface area contributed by atoms with Crippen molar-refractivity contribution in [3.05, 3.63) is 61.8 Å². The zero-order valence-corrected chi connectivity index (χ0v) is 17.6. The van der Waals surface area contributed by atoms with Crippen molar-refractivity contribution in [2.24, 2.45) is 19.5 Å². The summed E-state index contributed by atoms with van der Waals surface area (Å²) in [5.41, 5.74) is -1.97. The van der Waals surface area contributed by atoms with Gasteiger partial charge in [-0.2, -0.15) is 0 Å². The highest BCUT2D eigenvalue weighted by atomic mass is 16.3. The summed E-state index contributed by atoms with van der Waals surface area (Å²) in [7, 11) is 5.14. The predicted octanol–water partition coefficient (Wildman–Crippen LogP) is -0.291. The molecule has 162 valence electrons. The summed E-state index contributed by atoms with van der Waals surface area (Å²) in [6.45, 7) is 0. The van der Waals surface area contributed by atoms with E-state index in [0.717, 1.165) is 30.1 Å². The molecule has 1 saturated heterocycles. The summed E-state index contributed by atoms with van der Waals surface area (Å²) < 4.78 is 1.74. The van der Waals surface area contributed by atoms with Crippen molar-refractivity contribution in [1.29, 1.82) is 0 Å². The van der Waals surface area contributed by atoms with E-state index in [1.165, 1.54) is 28.2 Å². The Bertz CT molecular complexity index is 1250. The second kappa shape index (κ2) is 6.66. The number of nitrogens with zero attached hydrogens (tertiary/aromatic N) is 4. The first-order valence-corrected chi connectivity index (χ1v) is 9.70. The van der Waals surface area contributed by atoms with E-state index < -0.39 is 46.3 Å². The second-order valence-electron chi connectivity index (χ2n) is 8.13. The van der Waals surface area contributed by atoms with Crippen molar-refractivity contribution in [1.82, 2.24) is 18.9 Å². The third-order valence-corrected chi connectivity index (χ3v) is 6.57. The molecule has 0 saturated carbocycles. The van der Waals surface area contributed by atoms with Crippen LogP contribution in [0, 0.1) is 5.41 Å². The largest absolute Gasteiger partial charge is 0.494 e. The molecule has 10 nitrogen and oxygen atoms in total. The zero-order valence-electron chi connectivity index (χ0n) is 17.6. The molecule has 1 aromatic heterocycles. The van der Waals surface area contributed by atoms with Crippen molar-refractivity contribution in [3.8, 4) is 5.88 Å². The molecule has 4 rings (SSSR count). The lowest BCUT2D eigenvalue weighted by molar-refractivity contribution is -0.159. The molecule has 0 unspecified atom stereocenters. The normalized spacial score (nSPS) is 20.4.